The second-order valence-electron chi connectivity index (χ2n) is 10.1. The molecule has 214 valence electrons. The Morgan fingerprint density at radius 1 is 1.17 bits per heavy atom. The van der Waals surface area contributed by atoms with E-state index in [9.17, 15) is 10.3 Å². The third-order valence-corrected chi connectivity index (χ3v) is 7.03. The molecule has 0 bridgehead atoms. The van der Waals surface area contributed by atoms with E-state index in [0.717, 1.165) is 10.0 Å². The largest absolute Gasteiger partial charge is 0.494 e. The van der Waals surface area contributed by atoms with Crippen LogP contribution in [-0.4, -0.2) is 42.2 Å². The number of carbonyl (C=O) groups is 1. The van der Waals surface area contributed by atoms with Crippen molar-refractivity contribution in [2.24, 2.45) is 16.0 Å². The fraction of sp³-hybridized carbons (Fsp3) is 0.333. The van der Waals surface area contributed by atoms with Crippen molar-refractivity contribution in [2.75, 3.05) is 19.8 Å². The molecule has 1 heterocycles. The summed E-state index contributed by atoms with van der Waals surface area (Å²) in [4.78, 5) is 22.1. The Kier molecular flexibility index (Phi) is 10.4. The van der Waals surface area contributed by atoms with Crippen LogP contribution >= 0.6 is 15.9 Å². The van der Waals surface area contributed by atoms with Gasteiger partial charge >= 0.3 is 0 Å². The number of nitrogens with zero attached hydrogens (tertiary/aromatic N) is 4. The smallest absolute Gasteiger partial charge is 0.266 e. The number of aliphatic imine (C=N–C) groups is 1. The number of carbonyl (C=O) groups excluding carboxylic acids is 1. The predicted molar refractivity (Wildman–Crippen MR) is 161 cm³/mol. The van der Waals surface area contributed by atoms with Gasteiger partial charge in [-0.25, -0.2) is 10.4 Å². The number of hydrogen-bond acceptors (Lipinski definition) is 7. The number of aliphatic hydroxyl groups is 1. The van der Waals surface area contributed by atoms with E-state index in [2.05, 4.69) is 36.8 Å². The van der Waals surface area contributed by atoms with Gasteiger partial charge in [0.1, 0.15) is 5.75 Å². The monoisotopic (exact) mass is 620 g/mol. The number of azide groups is 1. The molecule has 3 aromatic rings. The molecule has 0 saturated heterocycles. The average Bonchev–Trinajstić information content (AvgIpc) is 3.35. The van der Waals surface area contributed by atoms with Crippen LogP contribution in [0.15, 0.2) is 87.4 Å². The van der Waals surface area contributed by atoms with Gasteiger partial charge in [0.2, 0.25) is 5.90 Å². The van der Waals surface area contributed by atoms with Crippen molar-refractivity contribution in [2.45, 2.75) is 38.3 Å². The van der Waals surface area contributed by atoms with Gasteiger partial charge in [-0.15, -0.1) is 0 Å². The van der Waals surface area contributed by atoms with Crippen LogP contribution in [0.4, 0.5) is 5.69 Å². The van der Waals surface area contributed by atoms with E-state index in [-0.39, 0.29) is 24.8 Å². The van der Waals surface area contributed by atoms with E-state index < -0.39 is 11.6 Å². The molecule has 3 aromatic carbocycles. The fourth-order valence-electron chi connectivity index (χ4n) is 4.46. The Hall–Kier alpha value is -3.89. The Bertz CT molecular complexity index is 1410. The number of nitrogens with one attached hydrogen (secondary N) is 2. The number of amides is 1. The lowest BCUT2D eigenvalue weighted by Gasteiger charge is -2.31. The maximum absolute atomic E-state index is 14.1. The lowest BCUT2D eigenvalue weighted by atomic mass is 9.81. The van der Waals surface area contributed by atoms with Crippen molar-refractivity contribution < 1.29 is 19.4 Å². The Balaban J connectivity index is 1.81. The number of halogens is 1. The van der Waals surface area contributed by atoms with Crippen molar-refractivity contribution in [3.8, 4) is 5.75 Å². The van der Waals surface area contributed by atoms with Gasteiger partial charge in [-0.1, -0.05) is 71.3 Å². The van der Waals surface area contributed by atoms with Crippen molar-refractivity contribution in [1.29, 1.82) is 0 Å². The highest BCUT2D eigenvalue weighted by Crippen LogP contribution is 2.45. The second kappa shape index (κ2) is 14.1. The molecule has 0 spiro atoms. The van der Waals surface area contributed by atoms with Crippen LogP contribution in [0.25, 0.3) is 10.4 Å². The Morgan fingerprint density at radius 2 is 1.90 bits per heavy atom. The summed E-state index contributed by atoms with van der Waals surface area (Å²) >= 11 is 3.48. The van der Waals surface area contributed by atoms with Crippen molar-refractivity contribution in [1.82, 2.24) is 10.9 Å². The maximum Gasteiger partial charge on any atom is 0.266 e. The summed E-state index contributed by atoms with van der Waals surface area (Å²) < 4.78 is 13.1. The molecule has 3 N–H and O–H groups in total. The van der Waals surface area contributed by atoms with Crippen LogP contribution in [0.5, 0.6) is 5.75 Å². The van der Waals surface area contributed by atoms with Gasteiger partial charge in [-0.2, -0.15) is 0 Å². The fourth-order valence-corrected chi connectivity index (χ4v) is 4.73. The van der Waals surface area contributed by atoms with Crippen LogP contribution in [0.1, 0.15) is 43.1 Å². The molecule has 1 aliphatic heterocycles. The molecule has 0 fully saturated rings. The summed E-state index contributed by atoms with van der Waals surface area (Å²) in [5.74, 6) is 0.851. The first kappa shape index (κ1) is 30.1. The average molecular weight is 622 g/mol. The van der Waals surface area contributed by atoms with Crippen LogP contribution < -0.4 is 15.6 Å². The number of hydrogen-bond donors (Lipinski definition) is 3. The van der Waals surface area contributed by atoms with Gasteiger partial charge in [-0.05, 0) is 53.4 Å². The van der Waals surface area contributed by atoms with Gasteiger partial charge < -0.3 is 14.6 Å². The minimum atomic E-state index is -1.44. The lowest BCUT2D eigenvalue weighted by molar-refractivity contribution is -0.130. The standard InChI is InChI=1S/C30H33BrN6O4/c1-20(2)19-33-36-29(39)30(18-21-8-12-23(31)13-9-21)27(25-6-3-4-7-26(25)35-37-32)41-28(34-30)22-10-14-24(15-11-22)40-17-5-16-38/h3-4,6-15,20,27,33,38H,5,16-19H2,1-2H3,(H,36,39)/t27-,30-/m0/s1. The van der Waals surface area contributed by atoms with Gasteiger partial charge in [0, 0.05) is 52.2 Å². The van der Waals surface area contributed by atoms with E-state index in [0.29, 0.717) is 48.1 Å². The van der Waals surface area contributed by atoms with Crippen molar-refractivity contribution in [3.05, 3.63) is 104 Å². The lowest BCUT2D eigenvalue weighted by Crippen LogP contribution is -2.54. The third-order valence-electron chi connectivity index (χ3n) is 6.50. The quantitative estimate of drug-likeness (QED) is 0.0714. The highest BCUT2D eigenvalue weighted by molar-refractivity contribution is 9.10. The molecule has 1 aliphatic rings. The van der Waals surface area contributed by atoms with Crippen molar-refractivity contribution in [3.63, 3.8) is 0 Å². The maximum atomic E-state index is 14.1. The summed E-state index contributed by atoms with van der Waals surface area (Å²) in [7, 11) is 0. The SMILES string of the molecule is CC(C)CNNC(=O)[C@@]1(Cc2ccc(Br)cc2)N=C(c2ccc(OCCCO)cc2)O[C@H]1c1ccccc1N=[N+]=[N-]. The Labute approximate surface area is 247 Å². The zero-order chi connectivity index (χ0) is 29.2. The highest BCUT2D eigenvalue weighted by atomic mass is 79.9. The zero-order valence-corrected chi connectivity index (χ0v) is 24.5. The molecule has 0 radical (unpaired) electrons. The van der Waals surface area contributed by atoms with Crippen LogP contribution in [0, 0.1) is 5.92 Å². The molecule has 4 rings (SSSR count). The minimum absolute atomic E-state index is 0.0516. The van der Waals surface area contributed by atoms with Crippen molar-refractivity contribution >= 4 is 33.4 Å². The van der Waals surface area contributed by atoms with Crippen LogP contribution in [0.3, 0.4) is 0 Å². The first-order chi connectivity index (χ1) is 19.9. The summed E-state index contributed by atoms with van der Waals surface area (Å²) in [5, 5.41) is 12.9. The minimum Gasteiger partial charge on any atom is -0.494 e. The summed E-state index contributed by atoms with van der Waals surface area (Å²) in [6.45, 7) is 5.10. The third kappa shape index (κ3) is 7.45. The molecule has 10 nitrogen and oxygen atoms in total. The first-order valence-corrected chi connectivity index (χ1v) is 14.2. The number of hydrazine groups is 1. The van der Waals surface area contributed by atoms with E-state index in [1.54, 1.807) is 30.3 Å². The molecule has 0 aliphatic carbocycles. The Morgan fingerprint density at radius 3 is 2.59 bits per heavy atom. The molecule has 2 atom stereocenters. The number of ether oxygens (including phenoxy) is 2. The van der Waals surface area contributed by atoms with Gasteiger partial charge in [0.15, 0.2) is 11.6 Å². The van der Waals surface area contributed by atoms with Crippen LogP contribution in [-0.2, 0) is 16.0 Å². The molecule has 0 unspecified atom stereocenters. The molecule has 41 heavy (non-hydrogen) atoms. The molecular formula is C30H33BrN6O4. The molecule has 1 amide bonds. The predicted octanol–water partition coefficient (Wildman–Crippen LogP) is 5.93. The normalized spacial score (nSPS) is 17.9. The first-order valence-electron chi connectivity index (χ1n) is 13.4. The molecule has 11 heteroatoms. The second-order valence-corrected chi connectivity index (χ2v) is 11.0. The number of aliphatic hydroxyl groups excluding tert-OH is 1. The van der Waals surface area contributed by atoms with Crippen LogP contribution in [0.2, 0.25) is 0 Å². The summed E-state index contributed by atoms with van der Waals surface area (Å²) in [5.41, 5.74) is 16.1. The van der Waals surface area contributed by atoms with Gasteiger partial charge in [-0.3, -0.25) is 10.2 Å². The molecule has 0 saturated carbocycles. The number of rotatable bonds is 13. The zero-order valence-electron chi connectivity index (χ0n) is 23.0. The topological polar surface area (TPSA) is 141 Å². The van der Waals surface area contributed by atoms with E-state index >= 15 is 0 Å². The van der Waals surface area contributed by atoms with E-state index in [1.165, 1.54) is 0 Å². The van der Waals surface area contributed by atoms with Gasteiger partial charge in [0.25, 0.3) is 5.91 Å². The number of benzene rings is 3. The van der Waals surface area contributed by atoms with Gasteiger partial charge in [0.05, 0.1) is 6.61 Å². The summed E-state index contributed by atoms with van der Waals surface area (Å²) in [6, 6.07) is 22.0. The summed E-state index contributed by atoms with van der Waals surface area (Å²) in [6.07, 6.45) is -0.150. The van der Waals surface area contributed by atoms with E-state index in [1.807, 2.05) is 56.3 Å². The molecular weight excluding hydrogens is 588 g/mol. The van der Waals surface area contributed by atoms with E-state index in [4.69, 9.17) is 19.6 Å². The highest BCUT2D eigenvalue weighted by Gasteiger charge is 2.54. The molecule has 0 aromatic heterocycles.